The summed E-state index contributed by atoms with van der Waals surface area (Å²) in [6.45, 7) is 2.15. The SMILES string of the molecule is c1ccc(C2COCc3c(-c4ccc(-c5nnn6c5COCC6c5ccccc5)cc4)nnn32)cc1. The van der Waals surface area contributed by atoms with Crippen LogP contribution < -0.4 is 0 Å². The molecule has 8 nitrogen and oxygen atoms in total. The minimum Gasteiger partial charge on any atom is -0.372 e. The molecular formula is C28H24N6O2. The lowest BCUT2D eigenvalue weighted by Gasteiger charge is -2.25. The summed E-state index contributed by atoms with van der Waals surface area (Å²) >= 11 is 0. The summed E-state index contributed by atoms with van der Waals surface area (Å²) in [5.41, 5.74) is 8.00. The smallest absolute Gasteiger partial charge is 0.118 e. The molecule has 0 N–H and O–H groups in total. The topological polar surface area (TPSA) is 79.9 Å². The molecule has 8 heteroatoms. The Hall–Kier alpha value is -4.14. The predicted molar refractivity (Wildman–Crippen MR) is 133 cm³/mol. The zero-order valence-electron chi connectivity index (χ0n) is 19.6. The number of rotatable bonds is 4. The van der Waals surface area contributed by atoms with Gasteiger partial charge in [-0.15, -0.1) is 10.2 Å². The number of nitrogens with zero attached hydrogens (tertiary/aromatic N) is 6. The Morgan fingerprint density at radius 3 is 1.39 bits per heavy atom. The standard InChI is InChI=1S/C28H24N6O2/c1-3-7-19(8-4-1)23-15-35-17-25-27(29-31-33(23)25)21-11-13-22(14-12-21)28-26-18-36-16-24(34(26)32-30-28)20-9-5-2-6-10-20/h1-14,23-24H,15-18H2. The number of hydrogen-bond donors (Lipinski definition) is 0. The Morgan fingerprint density at radius 2 is 0.972 bits per heavy atom. The average molecular weight is 477 g/mol. The zero-order chi connectivity index (χ0) is 23.9. The van der Waals surface area contributed by atoms with Crippen LogP contribution >= 0.6 is 0 Å². The van der Waals surface area contributed by atoms with Crippen LogP contribution in [-0.2, 0) is 22.7 Å². The van der Waals surface area contributed by atoms with Crippen LogP contribution in [0.15, 0.2) is 84.9 Å². The molecule has 4 heterocycles. The second-order valence-electron chi connectivity index (χ2n) is 9.12. The van der Waals surface area contributed by atoms with Crippen molar-refractivity contribution >= 4 is 0 Å². The second-order valence-corrected chi connectivity index (χ2v) is 9.12. The van der Waals surface area contributed by atoms with E-state index in [2.05, 4.69) is 69.2 Å². The maximum Gasteiger partial charge on any atom is 0.118 e. The first-order valence-electron chi connectivity index (χ1n) is 12.1. The van der Waals surface area contributed by atoms with E-state index in [1.165, 1.54) is 11.1 Å². The third kappa shape index (κ3) is 3.54. The number of benzene rings is 3. The van der Waals surface area contributed by atoms with E-state index < -0.39 is 0 Å². The first-order valence-corrected chi connectivity index (χ1v) is 12.1. The van der Waals surface area contributed by atoms with Crippen LogP contribution in [0.5, 0.6) is 0 Å². The molecule has 0 saturated carbocycles. The minimum atomic E-state index is 0.0242. The van der Waals surface area contributed by atoms with Crippen molar-refractivity contribution in [1.82, 2.24) is 30.0 Å². The van der Waals surface area contributed by atoms with Crippen LogP contribution in [0.3, 0.4) is 0 Å². The summed E-state index contributed by atoms with van der Waals surface area (Å²) in [4.78, 5) is 0. The second kappa shape index (κ2) is 8.82. The first kappa shape index (κ1) is 21.2. The van der Waals surface area contributed by atoms with E-state index in [1.807, 2.05) is 45.8 Å². The van der Waals surface area contributed by atoms with Gasteiger partial charge in [-0.1, -0.05) is 95.4 Å². The van der Waals surface area contributed by atoms with Crippen LogP contribution in [0.2, 0.25) is 0 Å². The Labute approximate surface area is 208 Å². The summed E-state index contributed by atoms with van der Waals surface area (Å²) in [6.07, 6.45) is 0. The third-order valence-corrected chi connectivity index (χ3v) is 7.00. The van der Waals surface area contributed by atoms with Gasteiger partial charge in [0.05, 0.1) is 37.8 Å². The number of hydrogen-bond acceptors (Lipinski definition) is 6. The summed E-state index contributed by atoms with van der Waals surface area (Å²) < 4.78 is 15.9. The van der Waals surface area contributed by atoms with Crippen LogP contribution in [0.1, 0.15) is 34.6 Å². The van der Waals surface area contributed by atoms with Gasteiger partial charge in [-0.2, -0.15) is 0 Å². The van der Waals surface area contributed by atoms with Gasteiger partial charge in [0.2, 0.25) is 0 Å². The molecule has 2 aliphatic heterocycles. The average Bonchev–Trinajstić information content (AvgIpc) is 3.59. The highest BCUT2D eigenvalue weighted by Gasteiger charge is 2.28. The molecule has 2 aliphatic rings. The molecule has 0 saturated heterocycles. The maximum atomic E-state index is 5.94. The van der Waals surface area contributed by atoms with Gasteiger partial charge in [-0.25, -0.2) is 9.36 Å². The lowest BCUT2D eigenvalue weighted by Crippen LogP contribution is -2.25. The summed E-state index contributed by atoms with van der Waals surface area (Å²) in [7, 11) is 0. The highest BCUT2D eigenvalue weighted by Crippen LogP contribution is 2.33. The van der Waals surface area contributed by atoms with Gasteiger partial charge in [0.25, 0.3) is 0 Å². The van der Waals surface area contributed by atoms with E-state index in [0.717, 1.165) is 33.9 Å². The Morgan fingerprint density at radius 1 is 0.556 bits per heavy atom. The molecule has 0 fully saturated rings. The van der Waals surface area contributed by atoms with Crippen molar-refractivity contribution in [3.05, 3.63) is 107 Å². The fourth-order valence-corrected chi connectivity index (χ4v) is 5.13. The van der Waals surface area contributed by atoms with Crippen LogP contribution in [0.4, 0.5) is 0 Å². The van der Waals surface area contributed by atoms with Gasteiger partial charge in [-0.3, -0.25) is 0 Å². The van der Waals surface area contributed by atoms with Gasteiger partial charge >= 0.3 is 0 Å². The Kier molecular flexibility index (Phi) is 5.18. The molecule has 0 radical (unpaired) electrons. The van der Waals surface area contributed by atoms with Crippen LogP contribution in [0.25, 0.3) is 22.5 Å². The zero-order valence-corrected chi connectivity index (χ0v) is 19.6. The monoisotopic (exact) mass is 476 g/mol. The highest BCUT2D eigenvalue weighted by atomic mass is 16.5. The van der Waals surface area contributed by atoms with Crippen molar-refractivity contribution in [2.75, 3.05) is 13.2 Å². The summed E-state index contributed by atoms with van der Waals surface area (Å²) in [5, 5.41) is 18.1. The van der Waals surface area contributed by atoms with Gasteiger partial charge < -0.3 is 9.47 Å². The summed E-state index contributed by atoms with van der Waals surface area (Å²) in [6, 6.07) is 28.9. The van der Waals surface area contributed by atoms with E-state index >= 15 is 0 Å². The molecule has 5 aromatic rings. The molecule has 0 amide bonds. The van der Waals surface area contributed by atoms with Crippen LogP contribution in [0, 0.1) is 0 Å². The van der Waals surface area contributed by atoms with Crippen LogP contribution in [-0.4, -0.2) is 43.2 Å². The fourth-order valence-electron chi connectivity index (χ4n) is 5.13. The molecule has 0 bridgehead atoms. The lowest BCUT2D eigenvalue weighted by atomic mass is 10.0. The van der Waals surface area contributed by atoms with E-state index in [0.29, 0.717) is 26.4 Å². The van der Waals surface area contributed by atoms with Gasteiger partial charge in [0.15, 0.2) is 0 Å². The van der Waals surface area contributed by atoms with Crippen molar-refractivity contribution in [2.45, 2.75) is 25.3 Å². The highest BCUT2D eigenvalue weighted by molar-refractivity contribution is 5.69. The van der Waals surface area contributed by atoms with E-state index in [4.69, 9.17) is 9.47 Å². The first-order chi connectivity index (χ1) is 17.9. The quantitative estimate of drug-likeness (QED) is 0.382. The van der Waals surface area contributed by atoms with Crippen molar-refractivity contribution in [2.24, 2.45) is 0 Å². The molecular weight excluding hydrogens is 452 g/mol. The fraction of sp³-hybridized carbons (Fsp3) is 0.214. The number of ether oxygens (including phenoxy) is 2. The predicted octanol–water partition coefficient (Wildman–Crippen LogP) is 4.44. The molecule has 7 rings (SSSR count). The van der Waals surface area contributed by atoms with Crippen molar-refractivity contribution < 1.29 is 9.47 Å². The Bertz CT molecular complexity index is 1380. The minimum absolute atomic E-state index is 0.0242. The molecule has 2 atom stereocenters. The molecule has 2 aromatic heterocycles. The van der Waals surface area contributed by atoms with Crippen molar-refractivity contribution in [1.29, 1.82) is 0 Å². The van der Waals surface area contributed by atoms with Gasteiger partial charge in [-0.05, 0) is 11.1 Å². The molecule has 0 aliphatic carbocycles. The van der Waals surface area contributed by atoms with Crippen molar-refractivity contribution in [3.8, 4) is 22.5 Å². The van der Waals surface area contributed by atoms with Crippen molar-refractivity contribution in [3.63, 3.8) is 0 Å². The molecule has 0 spiro atoms. The number of aromatic nitrogens is 6. The normalized spacial score (nSPS) is 19.0. The molecule has 36 heavy (non-hydrogen) atoms. The van der Waals surface area contributed by atoms with Gasteiger partial charge in [0.1, 0.15) is 23.5 Å². The van der Waals surface area contributed by atoms with E-state index in [9.17, 15) is 0 Å². The largest absolute Gasteiger partial charge is 0.372 e. The molecule has 178 valence electrons. The Balaban J connectivity index is 1.19. The third-order valence-electron chi connectivity index (χ3n) is 7.00. The summed E-state index contributed by atoms with van der Waals surface area (Å²) in [5.74, 6) is 0. The molecule has 3 aromatic carbocycles. The maximum absolute atomic E-state index is 5.94. The molecule has 2 unspecified atom stereocenters. The van der Waals surface area contributed by atoms with E-state index in [1.54, 1.807) is 0 Å². The number of fused-ring (bicyclic) bond motifs is 2. The van der Waals surface area contributed by atoms with Gasteiger partial charge in [0, 0.05) is 11.1 Å². The lowest BCUT2D eigenvalue weighted by molar-refractivity contribution is 0.0638. The van der Waals surface area contributed by atoms with E-state index in [-0.39, 0.29) is 12.1 Å².